The molecule has 220 valence electrons. The molecule has 40 heavy (non-hydrogen) atoms. The molecule has 0 bridgehead atoms. The molecule has 5 rings (SSSR count). The third-order valence-electron chi connectivity index (χ3n) is 11.2. The van der Waals surface area contributed by atoms with Crippen LogP contribution in [0.25, 0.3) is 0 Å². The summed E-state index contributed by atoms with van der Waals surface area (Å²) in [4.78, 5) is 3.51. The number of aliphatic hydroxyl groups is 3. The van der Waals surface area contributed by atoms with Crippen LogP contribution in [0.3, 0.4) is 0 Å². The van der Waals surface area contributed by atoms with Crippen LogP contribution in [-0.4, -0.2) is 38.6 Å². The zero-order valence-electron chi connectivity index (χ0n) is 25.2. The topological polar surface area (TPSA) is 76.5 Å². The molecular formula is C36H53NO3. The van der Waals surface area contributed by atoms with Crippen molar-refractivity contribution in [2.75, 3.05) is 0 Å². The molecule has 4 N–H and O–H groups in total. The molecule has 0 spiro atoms. The van der Waals surface area contributed by atoms with E-state index in [4.69, 9.17) is 0 Å². The van der Waals surface area contributed by atoms with Crippen molar-refractivity contribution in [1.29, 1.82) is 0 Å². The average molecular weight is 548 g/mol. The van der Waals surface area contributed by atoms with Crippen molar-refractivity contribution in [2.45, 2.75) is 128 Å². The van der Waals surface area contributed by atoms with E-state index in [1.807, 2.05) is 0 Å². The van der Waals surface area contributed by atoms with Gasteiger partial charge in [0.1, 0.15) is 0 Å². The van der Waals surface area contributed by atoms with E-state index in [-0.39, 0.29) is 10.8 Å². The number of aromatic nitrogens is 1. The highest BCUT2D eigenvalue weighted by Crippen LogP contribution is 2.60. The number of unbranched alkanes of at least 4 members (excludes halogenated alkanes) is 2. The van der Waals surface area contributed by atoms with Crippen LogP contribution < -0.4 is 0 Å². The number of rotatable bonds is 10. The van der Waals surface area contributed by atoms with Crippen LogP contribution >= 0.6 is 0 Å². The quantitative estimate of drug-likeness (QED) is 0.181. The number of allylic oxidation sites excluding steroid dienone is 4. The van der Waals surface area contributed by atoms with Gasteiger partial charge >= 0.3 is 0 Å². The fourth-order valence-corrected chi connectivity index (χ4v) is 8.52. The Balaban J connectivity index is 1.24. The number of aryl methyl sites for hydroxylation is 1. The van der Waals surface area contributed by atoms with Crippen molar-refractivity contribution in [3.63, 3.8) is 0 Å². The van der Waals surface area contributed by atoms with E-state index in [0.717, 1.165) is 36.8 Å². The Morgan fingerprint density at radius 1 is 1.12 bits per heavy atom. The van der Waals surface area contributed by atoms with Gasteiger partial charge in [-0.3, -0.25) is 0 Å². The first kappa shape index (κ1) is 29.6. The summed E-state index contributed by atoms with van der Waals surface area (Å²) in [7, 11) is 0. The van der Waals surface area contributed by atoms with Gasteiger partial charge in [-0.25, -0.2) is 0 Å². The van der Waals surface area contributed by atoms with E-state index >= 15 is 0 Å². The molecule has 4 fully saturated rings. The van der Waals surface area contributed by atoms with Crippen molar-refractivity contribution in [3.8, 4) is 0 Å². The Kier molecular flexibility index (Phi) is 9.00. The maximum Gasteiger partial charge on any atom is 0.0831 e. The Bertz CT molecular complexity index is 1140. The lowest BCUT2D eigenvalue weighted by atomic mass is 9.61. The SMILES string of the molecule is C=C1/C(=C\C=C2/CCC[C@]3(C)[C@@H]([C@H](C)/C=C/[C@@H](O)C4(c5cc(CCCCC)c[nH]5)CC4)CC[C@@H]23)C[C@@H](O)C[C@@H]1O. The van der Waals surface area contributed by atoms with Crippen molar-refractivity contribution in [1.82, 2.24) is 4.98 Å². The van der Waals surface area contributed by atoms with Gasteiger partial charge in [0.15, 0.2) is 0 Å². The standard InChI is InChI=1S/C36H53NO3/c1-5-6-7-9-26-20-33(37-23-26)36(18-19-36)34(40)16-11-24(2)30-14-15-31-27(10-8-17-35(30,31)4)12-13-28-21-29(38)22-32(39)25(28)3/h11-13,16,20,23-24,29-32,34,37-40H,3,5-10,14-15,17-19,21-22H2,1-2,4H3/b16-11+,27-12+,28-13-/t24-,29-,30-,31+,32+,34-,35-/m1/s1. The largest absolute Gasteiger partial charge is 0.393 e. The summed E-state index contributed by atoms with van der Waals surface area (Å²) in [6.07, 6.45) is 23.4. The summed E-state index contributed by atoms with van der Waals surface area (Å²) >= 11 is 0. The highest BCUT2D eigenvalue weighted by Gasteiger charge is 2.52. The molecule has 0 radical (unpaired) electrons. The molecule has 0 unspecified atom stereocenters. The van der Waals surface area contributed by atoms with Crippen LogP contribution in [0, 0.1) is 23.2 Å². The van der Waals surface area contributed by atoms with E-state index in [9.17, 15) is 15.3 Å². The highest BCUT2D eigenvalue weighted by atomic mass is 16.3. The second kappa shape index (κ2) is 12.2. The van der Waals surface area contributed by atoms with Crippen LogP contribution in [0.5, 0.6) is 0 Å². The number of hydrogen-bond acceptors (Lipinski definition) is 3. The Morgan fingerprint density at radius 3 is 2.67 bits per heavy atom. The molecular weight excluding hydrogens is 494 g/mol. The summed E-state index contributed by atoms with van der Waals surface area (Å²) in [5.41, 5.74) is 6.03. The molecule has 4 aliphatic rings. The highest BCUT2D eigenvalue weighted by molar-refractivity contribution is 5.39. The van der Waals surface area contributed by atoms with E-state index in [0.29, 0.717) is 30.6 Å². The van der Waals surface area contributed by atoms with E-state index in [1.165, 1.54) is 61.8 Å². The normalized spacial score (nSPS) is 35.4. The molecule has 7 atom stereocenters. The fraction of sp³-hybridized carbons (Fsp3) is 0.667. The van der Waals surface area contributed by atoms with Crippen molar-refractivity contribution >= 4 is 0 Å². The molecule has 4 heteroatoms. The molecule has 0 aliphatic heterocycles. The molecule has 4 aliphatic carbocycles. The Labute approximate surface area is 242 Å². The van der Waals surface area contributed by atoms with E-state index < -0.39 is 18.3 Å². The molecule has 1 aromatic rings. The Morgan fingerprint density at radius 2 is 1.93 bits per heavy atom. The summed E-state index contributed by atoms with van der Waals surface area (Å²) < 4.78 is 0. The number of fused-ring (bicyclic) bond motifs is 1. The summed E-state index contributed by atoms with van der Waals surface area (Å²) in [6.45, 7) is 11.2. The monoisotopic (exact) mass is 547 g/mol. The fourth-order valence-electron chi connectivity index (χ4n) is 8.52. The number of H-pyrrole nitrogens is 1. The van der Waals surface area contributed by atoms with Crippen LogP contribution in [0.15, 0.2) is 59.9 Å². The minimum atomic E-state index is -0.636. The van der Waals surface area contributed by atoms with Crippen LogP contribution in [-0.2, 0) is 11.8 Å². The van der Waals surface area contributed by atoms with Gasteiger partial charge in [0, 0.05) is 23.7 Å². The number of aliphatic hydroxyl groups excluding tert-OH is 3. The first-order valence-electron chi connectivity index (χ1n) is 16.2. The minimum Gasteiger partial charge on any atom is -0.393 e. The minimum absolute atomic E-state index is 0.125. The van der Waals surface area contributed by atoms with Crippen LogP contribution in [0.1, 0.15) is 109 Å². The Hall–Kier alpha value is -1.88. The predicted octanol–water partition coefficient (Wildman–Crippen LogP) is 7.47. The second-order valence-electron chi connectivity index (χ2n) is 13.9. The van der Waals surface area contributed by atoms with Gasteiger partial charge in [0.2, 0.25) is 0 Å². The molecule has 1 heterocycles. The van der Waals surface area contributed by atoms with Gasteiger partial charge < -0.3 is 20.3 Å². The van der Waals surface area contributed by atoms with Crippen molar-refractivity contribution in [3.05, 3.63) is 71.1 Å². The lowest BCUT2D eigenvalue weighted by Gasteiger charge is -2.44. The molecule has 4 saturated carbocycles. The number of hydrogen-bond donors (Lipinski definition) is 4. The summed E-state index contributed by atoms with van der Waals surface area (Å²) in [5.74, 6) is 1.61. The van der Waals surface area contributed by atoms with Gasteiger partial charge in [0.25, 0.3) is 0 Å². The third-order valence-corrected chi connectivity index (χ3v) is 11.2. The van der Waals surface area contributed by atoms with Gasteiger partial charge in [-0.15, -0.1) is 0 Å². The van der Waals surface area contributed by atoms with Crippen LogP contribution in [0.4, 0.5) is 0 Å². The maximum absolute atomic E-state index is 11.3. The molecule has 0 saturated heterocycles. The molecule has 0 aromatic carbocycles. The number of nitrogens with one attached hydrogen (secondary N) is 1. The van der Waals surface area contributed by atoms with Gasteiger partial charge in [0.05, 0.1) is 18.3 Å². The summed E-state index contributed by atoms with van der Waals surface area (Å²) in [5, 5.41) is 31.7. The second-order valence-corrected chi connectivity index (χ2v) is 13.9. The van der Waals surface area contributed by atoms with Crippen molar-refractivity contribution < 1.29 is 15.3 Å². The lowest BCUT2D eigenvalue weighted by molar-refractivity contribution is 0.0862. The van der Waals surface area contributed by atoms with Gasteiger partial charge in [-0.05, 0) is 110 Å². The maximum atomic E-state index is 11.3. The van der Waals surface area contributed by atoms with Gasteiger partial charge in [-0.1, -0.05) is 70.1 Å². The first-order chi connectivity index (χ1) is 19.2. The van der Waals surface area contributed by atoms with Crippen LogP contribution in [0.2, 0.25) is 0 Å². The average Bonchev–Trinajstić information content (AvgIpc) is 3.46. The van der Waals surface area contributed by atoms with E-state index in [1.54, 1.807) is 0 Å². The smallest absolute Gasteiger partial charge is 0.0831 e. The molecule has 0 amide bonds. The number of aromatic amines is 1. The zero-order valence-corrected chi connectivity index (χ0v) is 25.2. The first-order valence-corrected chi connectivity index (χ1v) is 16.2. The summed E-state index contributed by atoms with van der Waals surface area (Å²) in [6, 6.07) is 2.31. The predicted molar refractivity (Wildman–Crippen MR) is 164 cm³/mol. The lowest BCUT2D eigenvalue weighted by Crippen LogP contribution is -2.35. The van der Waals surface area contributed by atoms with Crippen molar-refractivity contribution in [2.24, 2.45) is 23.2 Å². The zero-order chi connectivity index (χ0) is 28.5. The third kappa shape index (κ3) is 5.87. The molecule has 1 aromatic heterocycles. The van der Waals surface area contributed by atoms with Gasteiger partial charge in [-0.2, -0.15) is 0 Å². The molecule has 4 nitrogen and oxygen atoms in total. The van der Waals surface area contributed by atoms with E-state index in [2.05, 4.69) is 68.9 Å².